The average Bonchev–Trinajstić information content (AvgIpc) is 2.54. The molecular formula is C17H21BrN2O4. The van der Waals surface area contributed by atoms with Gasteiger partial charge >= 0.3 is 12.0 Å². The van der Waals surface area contributed by atoms with Crippen LogP contribution in [0.3, 0.4) is 0 Å². The predicted octanol–water partition coefficient (Wildman–Crippen LogP) is 3.28. The van der Waals surface area contributed by atoms with Crippen molar-refractivity contribution in [3.8, 4) is 5.75 Å². The molecule has 2 amide bonds. The maximum atomic E-state index is 12.6. The summed E-state index contributed by atoms with van der Waals surface area (Å²) in [6.07, 6.45) is 0. The summed E-state index contributed by atoms with van der Waals surface area (Å²) in [5.41, 5.74) is 1.63. The van der Waals surface area contributed by atoms with Crippen molar-refractivity contribution in [2.75, 3.05) is 13.7 Å². The summed E-state index contributed by atoms with van der Waals surface area (Å²) in [5, 5.41) is 5.53. The van der Waals surface area contributed by atoms with E-state index < -0.39 is 12.0 Å². The number of hydrogen-bond donors (Lipinski definition) is 2. The first-order valence-corrected chi connectivity index (χ1v) is 8.50. The van der Waals surface area contributed by atoms with Gasteiger partial charge in [-0.25, -0.2) is 9.59 Å². The molecular weight excluding hydrogens is 376 g/mol. The van der Waals surface area contributed by atoms with E-state index >= 15 is 0 Å². The van der Waals surface area contributed by atoms with E-state index in [1.54, 1.807) is 20.1 Å². The Kier molecular flexibility index (Phi) is 5.88. The van der Waals surface area contributed by atoms with E-state index in [1.165, 1.54) is 0 Å². The van der Waals surface area contributed by atoms with Gasteiger partial charge in [0.2, 0.25) is 0 Å². The highest BCUT2D eigenvalue weighted by Crippen LogP contribution is 2.36. The molecule has 6 nitrogen and oxygen atoms in total. The minimum atomic E-state index is -0.650. The van der Waals surface area contributed by atoms with Crippen molar-refractivity contribution in [1.82, 2.24) is 10.6 Å². The topological polar surface area (TPSA) is 76.7 Å². The third kappa shape index (κ3) is 3.72. The van der Waals surface area contributed by atoms with Gasteiger partial charge in [-0.3, -0.25) is 0 Å². The van der Waals surface area contributed by atoms with Crippen LogP contribution in [-0.2, 0) is 9.53 Å². The molecule has 1 aliphatic rings. The fraction of sp³-hybridized carbons (Fsp3) is 0.412. The molecule has 0 aliphatic carbocycles. The number of urea groups is 1. The highest BCUT2D eigenvalue weighted by Gasteiger charge is 2.36. The third-order valence-electron chi connectivity index (χ3n) is 3.68. The Hall–Kier alpha value is -2.02. The van der Waals surface area contributed by atoms with Gasteiger partial charge in [-0.05, 0) is 31.0 Å². The molecule has 2 rings (SSSR count). The van der Waals surface area contributed by atoms with Crippen molar-refractivity contribution in [2.45, 2.75) is 26.8 Å². The van der Waals surface area contributed by atoms with Crippen LogP contribution in [-0.4, -0.2) is 25.7 Å². The summed E-state index contributed by atoms with van der Waals surface area (Å²) in [4.78, 5) is 24.7. The SMILES string of the molecule is CCOC(=O)C1=C(C(C)C)NC(=O)NC1c1cc(Br)ccc1OC. The monoisotopic (exact) mass is 396 g/mol. The van der Waals surface area contributed by atoms with Crippen molar-refractivity contribution >= 4 is 27.9 Å². The standard InChI is InChI=1S/C17H21BrN2O4/c1-5-24-16(21)13-14(9(2)3)19-17(22)20-15(13)11-8-10(18)6-7-12(11)23-4/h6-9,15H,5H2,1-4H3,(H2,19,20,22). The highest BCUT2D eigenvalue weighted by molar-refractivity contribution is 9.10. The molecule has 1 unspecified atom stereocenters. The number of esters is 1. The zero-order valence-corrected chi connectivity index (χ0v) is 15.7. The number of carbonyl (C=O) groups excluding carboxylic acids is 2. The van der Waals surface area contributed by atoms with Gasteiger partial charge in [0.05, 0.1) is 25.3 Å². The van der Waals surface area contributed by atoms with Crippen molar-refractivity contribution in [3.05, 3.63) is 39.5 Å². The van der Waals surface area contributed by atoms with Gasteiger partial charge in [0.25, 0.3) is 0 Å². The molecule has 1 aromatic carbocycles. The van der Waals surface area contributed by atoms with E-state index in [1.807, 2.05) is 26.0 Å². The molecule has 1 aliphatic heterocycles. The summed E-state index contributed by atoms with van der Waals surface area (Å²) in [5.74, 6) is 0.0761. The number of carbonyl (C=O) groups is 2. The molecule has 0 saturated carbocycles. The second-order valence-corrected chi connectivity index (χ2v) is 6.54. The van der Waals surface area contributed by atoms with Crippen LogP contribution in [0.4, 0.5) is 4.79 Å². The van der Waals surface area contributed by atoms with Crippen LogP contribution in [0.15, 0.2) is 33.9 Å². The lowest BCUT2D eigenvalue weighted by Gasteiger charge is -2.31. The largest absolute Gasteiger partial charge is 0.496 e. The number of hydrogen-bond acceptors (Lipinski definition) is 4. The number of amides is 2. The summed E-state index contributed by atoms with van der Waals surface area (Å²) in [6.45, 7) is 5.83. The molecule has 7 heteroatoms. The normalized spacial score (nSPS) is 17.4. The molecule has 130 valence electrons. The molecule has 1 heterocycles. The number of benzene rings is 1. The van der Waals surface area contributed by atoms with E-state index in [9.17, 15) is 9.59 Å². The van der Waals surface area contributed by atoms with Crippen molar-refractivity contribution in [3.63, 3.8) is 0 Å². The van der Waals surface area contributed by atoms with Crippen LogP contribution < -0.4 is 15.4 Å². The van der Waals surface area contributed by atoms with Crippen LogP contribution in [0.1, 0.15) is 32.4 Å². The molecule has 0 fully saturated rings. The van der Waals surface area contributed by atoms with Crippen LogP contribution in [0, 0.1) is 5.92 Å². The fourth-order valence-corrected chi connectivity index (χ4v) is 3.02. The second kappa shape index (κ2) is 7.70. The number of halogens is 1. The minimum absolute atomic E-state index is 0.0453. The summed E-state index contributed by atoms with van der Waals surface area (Å²) in [6, 6.07) is 4.43. The lowest BCUT2D eigenvalue weighted by atomic mass is 9.91. The molecule has 0 aromatic heterocycles. The van der Waals surface area contributed by atoms with Gasteiger partial charge in [-0.15, -0.1) is 0 Å². The van der Waals surface area contributed by atoms with Crippen LogP contribution in [0.25, 0.3) is 0 Å². The Labute approximate surface area is 149 Å². The second-order valence-electron chi connectivity index (χ2n) is 5.62. The quantitative estimate of drug-likeness (QED) is 0.748. The molecule has 0 spiro atoms. The number of rotatable bonds is 5. The Bertz CT molecular complexity index is 685. The van der Waals surface area contributed by atoms with Crippen LogP contribution in [0.2, 0.25) is 0 Å². The van der Waals surface area contributed by atoms with Gasteiger partial charge in [0, 0.05) is 15.7 Å². The lowest BCUT2D eigenvalue weighted by molar-refractivity contribution is -0.139. The zero-order chi connectivity index (χ0) is 17.9. The molecule has 0 bridgehead atoms. The minimum Gasteiger partial charge on any atom is -0.496 e. The van der Waals surface area contributed by atoms with Crippen molar-refractivity contribution in [1.29, 1.82) is 0 Å². The fourth-order valence-electron chi connectivity index (χ4n) is 2.64. The van der Waals surface area contributed by atoms with Crippen LogP contribution in [0.5, 0.6) is 5.75 Å². The first-order chi connectivity index (χ1) is 11.4. The van der Waals surface area contributed by atoms with Gasteiger partial charge in [0.1, 0.15) is 5.75 Å². The zero-order valence-electron chi connectivity index (χ0n) is 14.1. The first-order valence-electron chi connectivity index (χ1n) is 7.71. The maximum Gasteiger partial charge on any atom is 0.338 e. The Morgan fingerprint density at radius 1 is 1.38 bits per heavy atom. The number of allylic oxidation sites excluding steroid dienone is 1. The molecule has 1 atom stereocenters. The maximum absolute atomic E-state index is 12.6. The van der Waals surface area contributed by atoms with E-state index in [-0.39, 0.29) is 18.6 Å². The predicted molar refractivity (Wildman–Crippen MR) is 93.6 cm³/mol. The Morgan fingerprint density at radius 2 is 2.08 bits per heavy atom. The van der Waals surface area contributed by atoms with Crippen molar-refractivity contribution in [2.24, 2.45) is 5.92 Å². The highest BCUT2D eigenvalue weighted by atomic mass is 79.9. The summed E-state index contributed by atoms with van der Waals surface area (Å²) in [7, 11) is 1.55. The third-order valence-corrected chi connectivity index (χ3v) is 4.17. The molecule has 2 N–H and O–H groups in total. The Balaban J connectivity index is 2.64. The molecule has 0 saturated heterocycles. The molecule has 24 heavy (non-hydrogen) atoms. The average molecular weight is 397 g/mol. The van der Waals surface area contributed by atoms with E-state index in [2.05, 4.69) is 26.6 Å². The molecule has 1 aromatic rings. The summed E-state index contributed by atoms with van der Waals surface area (Å²) >= 11 is 3.42. The first kappa shape index (κ1) is 18.3. The van der Waals surface area contributed by atoms with Crippen LogP contribution >= 0.6 is 15.9 Å². The van der Waals surface area contributed by atoms with Gasteiger partial charge in [-0.1, -0.05) is 29.8 Å². The number of methoxy groups -OCH3 is 1. The molecule has 0 radical (unpaired) electrons. The smallest absolute Gasteiger partial charge is 0.338 e. The lowest BCUT2D eigenvalue weighted by Crippen LogP contribution is -2.47. The van der Waals surface area contributed by atoms with E-state index in [0.29, 0.717) is 22.6 Å². The van der Waals surface area contributed by atoms with Gasteiger partial charge < -0.3 is 20.1 Å². The Morgan fingerprint density at radius 3 is 2.67 bits per heavy atom. The van der Waals surface area contributed by atoms with Gasteiger partial charge in [-0.2, -0.15) is 0 Å². The van der Waals surface area contributed by atoms with Crippen molar-refractivity contribution < 1.29 is 19.1 Å². The van der Waals surface area contributed by atoms with E-state index in [4.69, 9.17) is 9.47 Å². The number of nitrogens with one attached hydrogen (secondary N) is 2. The number of ether oxygens (including phenoxy) is 2. The summed E-state index contributed by atoms with van der Waals surface area (Å²) < 4.78 is 11.4. The van der Waals surface area contributed by atoms with E-state index in [0.717, 1.165) is 4.47 Å². The van der Waals surface area contributed by atoms with Gasteiger partial charge in [0.15, 0.2) is 0 Å².